The Kier molecular flexibility index (Phi) is 5.83. The van der Waals surface area contributed by atoms with Gasteiger partial charge in [-0.3, -0.25) is 4.79 Å². The molecule has 0 amide bonds. The van der Waals surface area contributed by atoms with E-state index in [2.05, 4.69) is 5.10 Å². The molecule has 1 aromatic heterocycles. The highest BCUT2D eigenvalue weighted by atomic mass is 35.5. The predicted octanol–water partition coefficient (Wildman–Crippen LogP) is 3.58. The lowest BCUT2D eigenvalue weighted by atomic mass is 10.1. The van der Waals surface area contributed by atoms with Gasteiger partial charge in [-0.1, -0.05) is 23.7 Å². The summed E-state index contributed by atoms with van der Waals surface area (Å²) in [7, 11) is 0. The maximum atomic E-state index is 12.3. The van der Waals surface area contributed by atoms with Crippen molar-refractivity contribution in [3.05, 3.63) is 51.4 Å². The number of aromatic nitrogens is 2. The number of hydrogen-bond acceptors (Lipinski definition) is 4. The van der Waals surface area contributed by atoms with E-state index in [1.54, 1.807) is 18.2 Å². The van der Waals surface area contributed by atoms with Crippen molar-refractivity contribution in [2.24, 2.45) is 0 Å². The monoisotopic (exact) mass is 354 g/mol. The van der Waals surface area contributed by atoms with Gasteiger partial charge in [0, 0.05) is 0 Å². The Labute approximate surface area is 145 Å². The van der Waals surface area contributed by atoms with Crippen LogP contribution < -0.4 is 15.0 Å². The minimum absolute atomic E-state index is 0.00505. The second-order valence-electron chi connectivity index (χ2n) is 6.18. The van der Waals surface area contributed by atoms with E-state index in [0.29, 0.717) is 5.75 Å². The van der Waals surface area contributed by atoms with Gasteiger partial charge in [0.05, 0.1) is 11.7 Å². The number of ether oxygens (including phenoxy) is 2. The molecule has 2 rings (SSSR count). The van der Waals surface area contributed by atoms with E-state index in [0.717, 1.165) is 5.56 Å². The van der Waals surface area contributed by atoms with E-state index in [9.17, 15) is 9.18 Å². The molecule has 0 unspecified atom stereocenters. The SMILES string of the molecule is CC(C)(C)n1ncc(OCc2cccc(OCCF)c2)c(Cl)c1=O. The largest absolute Gasteiger partial charge is 0.491 e. The molecule has 0 aliphatic rings. The average Bonchev–Trinajstić information content (AvgIpc) is 2.53. The van der Waals surface area contributed by atoms with Gasteiger partial charge in [0.15, 0.2) is 10.8 Å². The van der Waals surface area contributed by atoms with Crippen molar-refractivity contribution in [2.75, 3.05) is 13.3 Å². The van der Waals surface area contributed by atoms with Crippen LogP contribution in [-0.2, 0) is 12.1 Å². The van der Waals surface area contributed by atoms with E-state index in [-0.39, 0.29) is 24.0 Å². The lowest BCUT2D eigenvalue weighted by Crippen LogP contribution is -2.36. The highest BCUT2D eigenvalue weighted by Gasteiger charge is 2.19. The molecule has 0 atom stereocenters. The molecule has 130 valence electrons. The molecule has 0 saturated heterocycles. The number of rotatable bonds is 6. The van der Waals surface area contributed by atoms with Gasteiger partial charge >= 0.3 is 0 Å². The third-order valence-corrected chi connectivity index (χ3v) is 3.51. The molecule has 0 N–H and O–H groups in total. The fourth-order valence-corrected chi connectivity index (χ4v) is 2.22. The van der Waals surface area contributed by atoms with E-state index < -0.39 is 17.8 Å². The van der Waals surface area contributed by atoms with E-state index in [1.165, 1.54) is 10.9 Å². The van der Waals surface area contributed by atoms with Crippen LogP contribution in [0.5, 0.6) is 11.5 Å². The van der Waals surface area contributed by atoms with Crippen LogP contribution in [0, 0.1) is 0 Å². The lowest BCUT2D eigenvalue weighted by molar-refractivity contribution is 0.270. The normalized spacial score (nSPS) is 11.4. The standard InChI is InChI=1S/C17H20ClFN2O3/c1-17(2,3)21-16(22)15(18)14(10-20-21)24-11-12-5-4-6-13(9-12)23-8-7-19/h4-6,9-10H,7-8,11H2,1-3H3. The smallest absolute Gasteiger partial charge is 0.289 e. The summed E-state index contributed by atoms with van der Waals surface area (Å²) in [6.45, 7) is 5.23. The Hall–Kier alpha value is -2.08. The van der Waals surface area contributed by atoms with E-state index >= 15 is 0 Å². The minimum atomic E-state index is -0.550. The summed E-state index contributed by atoms with van der Waals surface area (Å²) in [6, 6.07) is 7.09. The summed E-state index contributed by atoms with van der Waals surface area (Å²) < 4.78 is 24.3. The lowest BCUT2D eigenvalue weighted by Gasteiger charge is -2.21. The molecule has 0 aliphatic heterocycles. The highest BCUT2D eigenvalue weighted by molar-refractivity contribution is 6.31. The second kappa shape index (κ2) is 7.66. The zero-order valence-corrected chi connectivity index (χ0v) is 14.6. The van der Waals surface area contributed by atoms with Crippen LogP contribution >= 0.6 is 11.6 Å². The zero-order chi connectivity index (χ0) is 17.7. The predicted molar refractivity (Wildman–Crippen MR) is 90.7 cm³/mol. The number of nitrogens with zero attached hydrogens (tertiary/aromatic N) is 2. The molecule has 0 saturated carbocycles. The van der Waals surface area contributed by atoms with Gasteiger partial charge in [-0.25, -0.2) is 9.07 Å². The summed E-state index contributed by atoms with van der Waals surface area (Å²) >= 11 is 6.11. The number of benzene rings is 1. The number of hydrogen-bond donors (Lipinski definition) is 0. The van der Waals surface area contributed by atoms with Crippen LogP contribution in [0.1, 0.15) is 26.3 Å². The fourth-order valence-electron chi connectivity index (χ4n) is 2.04. The number of halogens is 2. The average molecular weight is 355 g/mol. The molecule has 0 fully saturated rings. The van der Waals surface area contributed by atoms with Gasteiger partial charge in [-0.15, -0.1) is 0 Å². The van der Waals surface area contributed by atoms with Crippen molar-refractivity contribution in [3.8, 4) is 11.5 Å². The molecule has 24 heavy (non-hydrogen) atoms. The van der Waals surface area contributed by atoms with Gasteiger partial charge in [0.1, 0.15) is 25.6 Å². The molecule has 1 heterocycles. The van der Waals surface area contributed by atoms with Crippen LogP contribution in [0.4, 0.5) is 4.39 Å². The van der Waals surface area contributed by atoms with Crippen LogP contribution in [0.3, 0.4) is 0 Å². The quantitative estimate of drug-likeness (QED) is 0.795. The summed E-state index contributed by atoms with van der Waals surface area (Å²) in [5, 5.41) is 4.10. The van der Waals surface area contributed by atoms with Gasteiger partial charge in [-0.05, 0) is 38.5 Å². The summed E-state index contributed by atoms with van der Waals surface area (Å²) in [4.78, 5) is 12.3. The first kappa shape index (κ1) is 18.3. The van der Waals surface area contributed by atoms with Gasteiger partial charge in [0.2, 0.25) is 0 Å². The minimum Gasteiger partial charge on any atom is -0.491 e. The Morgan fingerprint density at radius 3 is 2.71 bits per heavy atom. The molecule has 1 aromatic carbocycles. The van der Waals surface area contributed by atoms with Crippen molar-refractivity contribution in [3.63, 3.8) is 0 Å². The maximum Gasteiger partial charge on any atom is 0.289 e. The maximum absolute atomic E-state index is 12.3. The Balaban J connectivity index is 2.13. The Morgan fingerprint density at radius 1 is 1.29 bits per heavy atom. The highest BCUT2D eigenvalue weighted by Crippen LogP contribution is 2.22. The van der Waals surface area contributed by atoms with Crippen molar-refractivity contribution in [2.45, 2.75) is 32.9 Å². The zero-order valence-electron chi connectivity index (χ0n) is 13.9. The first-order valence-electron chi connectivity index (χ1n) is 7.51. The van der Waals surface area contributed by atoms with Crippen molar-refractivity contribution >= 4 is 11.6 Å². The molecule has 0 aliphatic carbocycles. The Bertz CT molecular complexity index is 756. The first-order chi connectivity index (χ1) is 11.3. The summed E-state index contributed by atoms with van der Waals surface area (Å²) in [6.07, 6.45) is 1.43. The topological polar surface area (TPSA) is 53.4 Å². The van der Waals surface area contributed by atoms with Crippen molar-refractivity contribution in [1.82, 2.24) is 9.78 Å². The van der Waals surface area contributed by atoms with Gasteiger partial charge < -0.3 is 9.47 Å². The molecule has 0 bridgehead atoms. The molecular formula is C17H20ClFN2O3. The van der Waals surface area contributed by atoms with Crippen molar-refractivity contribution in [1.29, 1.82) is 0 Å². The van der Waals surface area contributed by atoms with Crippen LogP contribution in [0.25, 0.3) is 0 Å². The molecule has 0 spiro atoms. The van der Waals surface area contributed by atoms with Gasteiger partial charge in [0.25, 0.3) is 5.56 Å². The summed E-state index contributed by atoms with van der Waals surface area (Å²) in [5.74, 6) is 0.776. The van der Waals surface area contributed by atoms with Crippen molar-refractivity contribution < 1.29 is 13.9 Å². The third kappa shape index (κ3) is 4.47. The van der Waals surface area contributed by atoms with E-state index in [4.69, 9.17) is 21.1 Å². The molecule has 5 nitrogen and oxygen atoms in total. The molecule has 2 aromatic rings. The van der Waals surface area contributed by atoms with Crippen LogP contribution in [0.2, 0.25) is 5.02 Å². The molecule has 0 radical (unpaired) electrons. The van der Waals surface area contributed by atoms with Gasteiger partial charge in [-0.2, -0.15) is 5.10 Å². The second-order valence-corrected chi connectivity index (χ2v) is 6.56. The van der Waals surface area contributed by atoms with E-state index in [1.807, 2.05) is 26.8 Å². The number of alkyl halides is 1. The molecular weight excluding hydrogens is 335 g/mol. The fraction of sp³-hybridized carbons (Fsp3) is 0.412. The first-order valence-corrected chi connectivity index (χ1v) is 7.89. The van der Waals surface area contributed by atoms with Crippen LogP contribution in [-0.4, -0.2) is 23.1 Å². The molecule has 7 heteroatoms. The Morgan fingerprint density at radius 2 is 2.04 bits per heavy atom. The third-order valence-electron chi connectivity index (χ3n) is 3.16. The summed E-state index contributed by atoms with van der Waals surface area (Å²) in [5.41, 5.74) is -0.0643. The van der Waals surface area contributed by atoms with Crippen LogP contribution in [0.15, 0.2) is 35.3 Å².